The lowest BCUT2D eigenvalue weighted by molar-refractivity contribution is 0.374. The smallest absolute Gasteiger partial charge is 0.219 e. The van der Waals surface area contributed by atoms with Gasteiger partial charge in [0.2, 0.25) is 5.88 Å². The standard InChI is InChI=1S/C16H13NO2/c1-18-14-8-4-5-9-15(14)19-16-11-10-12-6-2-3-7-13(12)17-16/h2-11H,1H3. The minimum absolute atomic E-state index is 0.559. The van der Waals surface area contributed by atoms with E-state index in [-0.39, 0.29) is 0 Å². The Balaban J connectivity index is 1.96. The molecule has 0 atom stereocenters. The number of ether oxygens (including phenoxy) is 2. The Labute approximate surface area is 111 Å². The summed E-state index contributed by atoms with van der Waals surface area (Å²) in [5, 5.41) is 1.09. The van der Waals surface area contributed by atoms with E-state index in [2.05, 4.69) is 4.98 Å². The number of hydrogen-bond donors (Lipinski definition) is 0. The zero-order chi connectivity index (χ0) is 13.1. The van der Waals surface area contributed by atoms with Gasteiger partial charge in [-0.05, 0) is 24.3 Å². The molecule has 0 amide bonds. The lowest BCUT2D eigenvalue weighted by Gasteiger charge is -2.09. The van der Waals surface area contributed by atoms with E-state index in [1.807, 2.05) is 60.7 Å². The predicted molar refractivity (Wildman–Crippen MR) is 74.8 cm³/mol. The minimum atomic E-state index is 0.559. The molecule has 0 unspecified atom stereocenters. The number of methoxy groups -OCH3 is 1. The lowest BCUT2D eigenvalue weighted by atomic mass is 10.2. The molecule has 3 heteroatoms. The van der Waals surface area contributed by atoms with Gasteiger partial charge in [0.1, 0.15) is 0 Å². The van der Waals surface area contributed by atoms with E-state index in [1.165, 1.54) is 0 Å². The zero-order valence-electron chi connectivity index (χ0n) is 10.5. The molecule has 3 rings (SSSR count). The number of benzene rings is 2. The summed E-state index contributed by atoms with van der Waals surface area (Å²) in [6.45, 7) is 0. The molecule has 0 N–H and O–H groups in total. The van der Waals surface area contributed by atoms with Crippen molar-refractivity contribution in [2.75, 3.05) is 7.11 Å². The molecule has 0 aliphatic carbocycles. The summed E-state index contributed by atoms with van der Waals surface area (Å²) < 4.78 is 11.0. The van der Waals surface area contributed by atoms with Crippen LogP contribution in [0, 0.1) is 0 Å². The molecule has 1 heterocycles. The van der Waals surface area contributed by atoms with Gasteiger partial charge in [-0.25, -0.2) is 4.98 Å². The highest BCUT2D eigenvalue weighted by atomic mass is 16.5. The lowest BCUT2D eigenvalue weighted by Crippen LogP contribution is -1.92. The van der Waals surface area contributed by atoms with Crippen molar-refractivity contribution in [2.24, 2.45) is 0 Å². The van der Waals surface area contributed by atoms with Crippen LogP contribution in [0.4, 0.5) is 0 Å². The highest BCUT2D eigenvalue weighted by Crippen LogP contribution is 2.30. The molecule has 3 nitrogen and oxygen atoms in total. The average molecular weight is 251 g/mol. The Morgan fingerprint density at radius 3 is 2.37 bits per heavy atom. The molecule has 94 valence electrons. The van der Waals surface area contributed by atoms with Gasteiger partial charge in [-0.15, -0.1) is 0 Å². The van der Waals surface area contributed by atoms with Gasteiger partial charge in [0.05, 0.1) is 12.6 Å². The Kier molecular flexibility index (Phi) is 3.02. The first kappa shape index (κ1) is 11.5. The summed E-state index contributed by atoms with van der Waals surface area (Å²) in [5.41, 5.74) is 0.912. The average Bonchev–Trinajstić information content (AvgIpc) is 2.48. The van der Waals surface area contributed by atoms with Crippen LogP contribution >= 0.6 is 0 Å². The summed E-state index contributed by atoms with van der Waals surface area (Å²) in [6.07, 6.45) is 0. The van der Waals surface area contributed by atoms with Crippen LogP contribution in [0.25, 0.3) is 10.9 Å². The maximum absolute atomic E-state index is 5.77. The van der Waals surface area contributed by atoms with E-state index in [0.717, 1.165) is 10.9 Å². The van der Waals surface area contributed by atoms with Crippen molar-refractivity contribution in [3.8, 4) is 17.4 Å². The summed E-state index contributed by atoms with van der Waals surface area (Å²) >= 11 is 0. The van der Waals surface area contributed by atoms with Gasteiger partial charge in [0.25, 0.3) is 0 Å². The van der Waals surface area contributed by atoms with E-state index in [1.54, 1.807) is 7.11 Å². The normalized spacial score (nSPS) is 10.4. The third-order valence-electron chi connectivity index (χ3n) is 2.86. The van der Waals surface area contributed by atoms with E-state index in [0.29, 0.717) is 17.4 Å². The monoisotopic (exact) mass is 251 g/mol. The topological polar surface area (TPSA) is 31.4 Å². The Morgan fingerprint density at radius 1 is 0.789 bits per heavy atom. The Hall–Kier alpha value is -2.55. The van der Waals surface area contributed by atoms with Gasteiger partial charge in [-0.1, -0.05) is 30.3 Å². The van der Waals surface area contributed by atoms with E-state index in [4.69, 9.17) is 9.47 Å². The van der Waals surface area contributed by atoms with Crippen LogP contribution in [-0.2, 0) is 0 Å². The van der Waals surface area contributed by atoms with Crippen molar-refractivity contribution in [1.29, 1.82) is 0 Å². The fourth-order valence-corrected chi connectivity index (χ4v) is 1.92. The largest absolute Gasteiger partial charge is 0.493 e. The summed E-state index contributed by atoms with van der Waals surface area (Å²) in [5.74, 6) is 1.91. The van der Waals surface area contributed by atoms with Crippen LogP contribution in [0.2, 0.25) is 0 Å². The summed E-state index contributed by atoms with van der Waals surface area (Å²) in [7, 11) is 1.62. The second kappa shape index (κ2) is 4.98. The van der Waals surface area contributed by atoms with Crippen LogP contribution in [0.5, 0.6) is 17.4 Å². The first-order valence-electron chi connectivity index (χ1n) is 6.03. The quantitative estimate of drug-likeness (QED) is 0.704. The molecule has 0 radical (unpaired) electrons. The number of fused-ring (bicyclic) bond motifs is 1. The predicted octanol–water partition coefficient (Wildman–Crippen LogP) is 4.04. The van der Waals surface area contributed by atoms with Crippen molar-refractivity contribution in [3.05, 3.63) is 60.7 Å². The van der Waals surface area contributed by atoms with Crippen LogP contribution in [-0.4, -0.2) is 12.1 Å². The molecule has 0 spiro atoms. The van der Waals surface area contributed by atoms with E-state index >= 15 is 0 Å². The second-order valence-corrected chi connectivity index (χ2v) is 4.10. The minimum Gasteiger partial charge on any atom is -0.493 e. The molecule has 0 fully saturated rings. The fraction of sp³-hybridized carbons (Fsp3) is 0.0625. The molecule has 1 aromatic heterocycles. The third kappa shape index (κ3) is 2.36. The van der Waals surface area contributed by atoms with Gasteiger partial charge in [0.15, 0.2) is 11.5 Å². The number of para-hydroxylation sites is 3. The number of rotatable bonds is 3. The maximum atomic E-state index is 5.77. The molecule has 0 saturated carbocycles. The van der Waals surface area contributed by atoms with Gasteiger partial charge >= 0.3 is 0 Å². The number of aromatic nitrogens is 1. The molecular formula is C16H13NO2. The van der Waals surface area contributed by atoms with Gasteiger partial charge in [-0.2, -0.15) is 0 Å². The van der Waals surface area contributed by atoms with E-state index in [9.17, 15) is 0 Å². The van der Waals surface area contributed by atoms with E-state index < -0.39 is 0 Å². The van der Waals surface area contributed by atoms with Crippen LogP contribution in [0.3, 0.4) is 0 Å². The van der Waals surface area contributed by atoms with Crippen molar-refractivity contribution in [2.45, 2.75) is 0 Å². The first-order chi connectivity index (χ1) is 9.36. The summed E-state index contributed by atoms with van der Waals surface area (Å²) in [6, 6.07) is 19.3. The second-order valence-electron chi connectivity index (χ2n) is 4.10. The van der Waals surface area contributed by atoms with Crippen LogP contribution in [0.1, 0.15) is 0 Å². The molecule has 0 aliphatic rings. The number of hydrogen-bond acceptors (Lipinski definition) is 3. The van der Waals surface area contributed by atoms with Crippen molar-refractivity contribution in [1.82, 2.24) is 4.98 Å². The molecular weight excluding hydrogens is 238 g/mol. The molecule has 0 saturated heterocycles. The molecule has 2 aromatic carbocycles. The van der Waals surface area contributed by atoms with Crippen LogP contribution < -0.4 is 9.47 Å². The van der Waals surface area contributed by atoms with Crippen molar-refractivity contribution >= 4 is 10.9 Å². The molecule has 3 aromatic rings. The highest BCUT2D eigenvalue weighted by Gasteiger charge is 2.05. The Morgan fingerprint density at radius 2 is 1.53 bits per heavy atom. The Bertz CT molecular complexity index is 710. The third-order valence-corrected chi connectivity index (χ3v) is 2.86. The molecule has 19 heavy (non-hydrogen) atoms. The SMILES string of the molecule is COc1ccccc1Oc1ccc2ccccc2n1. The maximum Gasteiger partial charge on any atom is 0.219 e. The fourth-order valence-electron chi connectivity index (χ4n) is 1.92. The first-order valence-corrected chi connectivity index (χ1v) is 6.03. The highest BCUT2D eigenvalue weighted by molar-refractivity contribution is 5.78. The van der Waals surface area contributed by atoms with Gasteiger partial charge in [0, 0.05) is 11.5 Å². The summed E-state index contributed by atoms with van der Waals surface area (Å²) in [4.78, 5) is 4.47. The number of pyridine rings is 1. The van der Waals surface area contributed by atoms with Gasteiger partial charge < -0.3 is 9.47 Å². The molecule has 0 bridgehead atoms. The van der Waals surface area contributed by atoms with Gasteiger partial charge in [-0.3, -0.25) is 0 Å². The van der Waals surface area contributed by atoms with Crippen LogP contribution in [0.15, 0.2) is 60.7 Å². The van der Waals surface area contributed by atoms with Crippen molar-refractivity contribution in [3.63, 3.8) is 0 Å². The van der Waals surface area contributed by atoms with Crippen molar-refractivity contribution < 1.29 is 9.47 Å². The molecule has 0 aliphatic heterocycles. The zero-order valence-corrected chi connectivity index (χ0v) is 10.5. The number of nitrogens with zero attached hydrogens (tertiary/aromatic N) is 1.